The molecule has 1 heterocycles. The fourth-order valence-corrected chi connectivity index (χ4v) is 3.06. The van der Waals surface area contributed by atoms with E-state index in [9.17, 15) is 9.59 Å². The van der Waals surface area contributed by atoms with Crippen LogP contribution in [-0.4, -0.2) is 28.5 Å². The third-order valence-corrected chi connectivity index (χ3v) is 4.64. The molecule has 7 nitrogen and oxygen atoms in total. The summed E-state index contributed by atoms with van der Waals surface area (Å²) in [6.45, 7) is 3.76. The zero-order valence-corrected chi connectivity index (χ0v) is 17.0. The summed E-state index contributed by atoms with van der Waals surface area (Å²) in [7, 11) is 0. The van der Waals surface area contributed by atoms with Crippen LogP contribution < -0.4 is 10.6 Å². The Morgan fingerprint density at radius 2 is 1.89 bits per heavy atom. The standard InChI is InChI=1S/C20H19BrN4O3/c1-3-18-24-19(25-28-18)13-5-7-14(8-6-13)20(27)22-11-17(26)23-16-9-4-12(2)10-15(16)21/h4-10H,3,11H2,1-2H3,(H,22,27)(H,23,26). The van der Waals surface area contributed by atoms with Gasteiger partial charge in [-0.05, 0) is 52.7 Å². The minimum absolute atomic E-state index is 0.133. The van der Waals surface area contributed by atoms with Crippen LogP contribution in [0.3, 0.4) is 0 Å². The van der Waals surface area contributed by atoms with Crippen LogP contribution >= 0.6 is 15.9 Å². The van der Waals surface area contributed by atoms with Gasteiger partial charge < -0.3 is 15.2 Å². The van der Waals surface area contributed by atoms with E-state index >= 15 is 0 Å². The number of nitrogens with zero attached hydrogens (tertiary/aromatic N) is 2. The average Bonchev–Trinajstić information content (AvgIpc) is 3.18. The molecule has 0 aliphatic carbocycles. The summed E-state index contributed by atoms with van der Waals surface area (Å²) >= 11 is 3.41. The first-order chi connectivity index (χ1) is 13.5. The number of halogens is 1. The fraction of sp³-hybridized carbons (Fsp3) is 0.200. The number of anilines is 1. The first kappa shape index (κ1) is 19.8. The molecule has 2 aromatic carbocycles. The second kappa shape index (κ2) is 8.79. The quantitative estimate of drug-likeness (QED) is 0.605. The highest BCUT2D eigenvalue weighted by atomic mass is 79.9. The van der Waals surface area contributed by atoms with E-state index in [1.165, 1.54) is 0 Å². The Morgan fingerprint density at radius 3 is 2.54 bits per heavy atom. The highest BCUT2D eigenvalue weighted by Crippen LogP contribution is 2.23. The van der Waals surface area contributed by atoms with Crippen LogP contribution in [0.1, 0.15) is 28.7 Å². The molecule has 2 N–H and O–H groups in total. The van der Waals surface area contributed by atoms with Gasteiger partial charge in [-0.15, -0.1) is 0 Å². The van der Waals surface area contributed by atoms with Crippen LogP contribution in [0.2, 0.25) is 0 Å². The van der Waals surface area contributed by atoms with Gasteiger partial charge in [0.1, 0.15) is 0 Å². The lowest BCUT2D eigenvalue weighted by molar-refractivity contribution is -0.115. The van der Waals surface area contributed by atoms with Crippen molar-refractivity contribution in [2.75, 3.05) is 11.9 Å². The summed E-state index contributed by atoms with van der Waals surface area (Å²) in [5.74, 6) is 0.385. The maximum Gasteiger partial charge on any atom is 0.251 e. The number of rotatable bonds is 6. The Bertz CT molecular complexity index is 999. The molecule has 2 amide bonds. The highest BCUT2D eigenvalue weighted by Gasteiger charge is 2.11. The third-order valence-electron chi connectivity index (χ3n) is 3.98. The fourth-order valence-electron chi connectivity index (χ4n) is 2.46. The lowest BCUT2D eigenvalue weighted by Gasteiger charge is -2.09. The number of amides is 2. The van der Waals surface area contributed by atoms with E-state index in [4.69, 9.17) is 4.52 Å². The predicted octanol–water partition coefficient (Wildman–Crippen LogP) is 3.74. The molecule has 0 saturated carbocycles. The van der Waals surface area contributed by atoms with Crippen LogP contribution in [0.25, 0.3) is 11.4 Å². The maximum absolute atomic E-state index is 12.3. The monoisotopic (exact) mass is 442 g/mol. The van der Waals surface area contributed by atoms with Gasteiger partial charge in [0, 0.05) is 22.0 Å². The lowest BCUT2D eigenvalue weighted by atomic mass is 10.1. The molecule has 0 spiro atoms. The molecule has 3 aromatic rings. The Hall–Kier alpha value is -3.00. The predicted molar refractivity (Wildman–Crippen MR) is 109 cm³/mol. The molecule has 0 saturated heterocycles. The summed E-state index contributed by atoms with van der Waals surface area (Å²) in [6.07, 6.45) is 0.661. The first-order valence-electron chi connectivity index (χ1n) is 8.73. The zero-order chi connectivity index (χ0) is 20.1. The number of aromatic nitrogens is 2. The van der Waals surface area contributed by atoms with Gasteiger partial charge in [0.25, 0.3) is 5.91 Å². The minimum Gasteiger partial charge on any atom is -0.343 e. The van der Waals surface area contributed by atoms with Gasteiger partial charge in [0.15, 0.2) is 0 Å². The number of carbonyl (C=O) groups is 2. The van der Waals surface area contributed by atoms with Crippen molar-refractivity contribution in [2.45, 2.75) is 20.3 Å². The summed E-state index contributed by atoms with van der Waals surface area (Å²) < 4.78 is 5.87. The largest absolute Gasteiger partial charge is 0.343 e. The molecule has 0 aliphatic heterocycles. The molecule has 144 valence electrons. The molecule has 8 heteroatoms. The Kier molecular flexibility index (Phi) is 6.20. The van der Waals surface area contributed by atoms with Crippen molar-refractivity contribution in [1.29, 1.82) is 0 Å². The molecule has 0 bridgehead atoms. The molecule has 0 aliphatic rings. The molecule has 0 unspecified atom stereocenters. The van der Waals surface area contributed by atoms with Crippen LogP contribution in [0.15, 0.2) is 51.5 Å². The molecule has 28 heavy (non-hydrogen) atoms. The minimum atomic E-state index is -0.341. The van der Waals surface area contributed by atoms with Crippen LogP contribution in [0, 0.1) is 6.92 Å². The Labute approximate surface area is 170 Å². The number of carbonyl (C=O) groups excluding carboxylic acids is 2. The zero-order valence-electron chi connectivity index (χ0n) is 15.5. The van der Waals surface area contributed by atoms with Crippen molar-refractivity contribution in [3.05, 3.63) is 64.0 Å². The molecule has 1 aromatic heterocycles. The Balaban J connectivity index is 1.56. The second-order valence-electron chi connectivity index (χ2n) is 6.16. The number of benzene rings is 2. The van der Waals surface area contributed by atoms with Gasteiger partial charge in [-0.1, -0.05) is 30.3 Å². The van der Waals surface area contributed by atoms with Crippen LogP contribution in [0.5, 0.6) is 0 Å². The van der Waals surface area contributed by atoms with Gasteiger partial charge in [0.05, 0.1) is 12.2 Å². The van der Waals surface area contributed by atoms with Gasteiger partial charge in [-0.2, -0.15) is 4.98 Å². The molecule has 0 atom stereocenters. The SMILES string of the molecule is CCc1nc(-c2ccc(C(=O)NCC(=O)Nc3ccc(C)cc3Br)cc2)no1. The van der Waals surface area contributed by atoms with Crippen LogP contribution in [0.4, 0.5) is 5.69 Å². The van der Waals surface area contributed by atoms with Crippen molar-refractivity contribution >= 4 is 33.4 Å². The second-order valence-corrected chi connectivity index (χ2v) is 7.01. The lowest BCUT2D eigenvalue weighted by Crippen LogP contribution is -2.32. The van der Waals surface area contributed by atoms with E-state index in [2.05, 4.69) is 36.7 Å². The van der Waals surface area contributed by atoms with E-state index in [1.54, 1.807) is 30.3 Å². The molecule has 0 radical (unpaired) electrons. The maximum atomic E-state index is 12.3. The van der Waals surface area contributed by atoms with Gasteiger partial charge in [0.2, 0.25) is 17.6 Å². The highest BCUT2D eigenvalue weighted by molar-refractivity contribution is 9.10. The molecular weight excluding hydrogens is 424 g/mol. The average molecular weight is 443 g/mol. The molecule has 0 fully saturated rings. The van der Waals surface area contributed by atoms with Gasteiger partial charge >= 0.3 is 0 Å². The van der Waals surface area contributed by atoms with Gasteiger partial charge in [-0.3, -0.25) is 9.59 Å². The van der Waals surface area contributed by atoms with E-state index < -0.39 is 0 Å². The number of hydrogen-bond acceptors (Lipinski definition) is 5. The molecular formula is C20H19BrN4O3. The van der Waals surface area contributed by atoms with Crippen molar-refractivity contribution in [1.82, 2.24) is 15.5 Å². The summed E-state index contributed by atoms with van der Waals surface area (Å²) in [5.41, 5.74) is 2.92. The van der Waals surface area contributed by atoms with E-state index in [1.807, 2.05) is 26.0 Å². The van der Waals surface area contributed by atoms with E-state index in [0.29, 0.717) is 29.4 Å². The van der Waals surface area contributed by atoms with Crippen molar-refractivity contribution < 1.29 is 14.1 Å². The number of hydrogen-bond donors (Lipinski definition) is 2. The smallest absolute Gasteiger partial charge is 0.251 e. The summed E-state index contributed by atoms with van der Waals surface area (Å²) in [6, 6.07) is 12.4. The number of aryl methyl sites for hydroxylation is 2. The topological polar surface area (TPSA) is 97.1 Å². The van der Waals surface area contributed by atoms with Crippen molar-refractivity contribution in [3.8, 4) is 11.4 Å². The number of nitrogens with one attached hydrogen (secondary N) is 2. The molecule has 3 rings (SSSR count). The summed E-state index contributed by atoms with van der Waals surface area (Å²) in [4.78, 5) is 28.6. The Morgan fingerprint density at radius 1 is 1.14 bits per heavy atom. The van der Waals surface area contributed by atoms with Gasteiger partial charge in [-0.25, -0.2) is 0 Å². The normalized spacial score (nSPS) is 10.5. The summed E-state index contributed by atoms with van der Waals surface area (Å²) in [5, 5.41) is 9.26. The van der Waals surface area contributed by atoms with Crippen LogP contribution in [-0.2, 0) is 11.2 Å². The van der Waals surface area contributed by atoms with Crippen molar-refractivity contribution in [3.63, 3.8) is 0 Å². The first-order valence-corrected chi connectivity index (χ1v) is 9.52. The van der Waals surface area contributed by atoms with E-state index in [-0.39, 0.29) is 18.4 Å². The van der Waals surface area contributed by atoms with E-state index in [0.717, 1.165) is 15.6 Å². The third kappa shape index (κ3) is 4.83. The van der Waals surface area contributed by atoms with Crippen molar-refractivity contribution in [2.24, 2.45) is 0 Å².